The van der Waals surface area contributed by atoms with Crippen molar-refractivity contribution in [1.82, 2.24) is 0 Å². The van der Waals surface area contributed by atoms with Crippen molar-refractivity contribution < 1.29 is 38.1 Å². The van der Waals surface area contributed by atoms with Crippen molar-refractivity contribution in [3.05, 3.63) is 83.9 Å². The Balaban J connectivity index is 1.36. The number of rotatable bonds is 24. The first-order valence-corrected chi connectivity index (χ1v) is 18.0. The second kappa shape index (κ2) is 23.2. The molecule has 8 nitrogen and oxygen atoms in total. The number of hydrogen-bond donors (Lipinski definition) is 0. The highest BCUT2D eigenvalue weighted by molar-refractivity contribution is 5.93. The molecule has 0 aliphatic rings. The number of hydrogen-bond acceptors (Lipinski definition) is 8. The van der Waals surface area contributed by atoms with E-state index in [0.717, 1.165) is 42.7 Å². The van der Waals surface area contributed by atoms with E-state index in [1.807, 2.05) is 36.4 Å². The van der Waals surface area contributed by atoms with Crippen LogP contribution in [-0.4, -0.2) is 50.4 Å². The van der Waals surface area contributed by atoms with Gasteiger partial charge < -0.3 is 23.7 Å². The standard InChI is InChI=1S/C41H54O8/c1-4-6-8-9-10-11-12-13-14-15-29-46-37-24-20-34(21-25-37)33-16-18-35(19-17-33)41(44)49-38-26-22-36(23-27-38)40(43)48-32(3)39(42)47-31-30-45-28-7-5-2/h16-27,32H,4-15,28-31H2,1-3H3. The topological polar surface area (TPSA) is 97.4 Å². The lowest BCUT2D eigenvalue weighted by atomic mass is 10.0. The molecule has 266 valence electrons. The third-order valence-electron chi connectivity index (χ3n) is 8.11. The van der Waals surface area contributed by atoms with Crippen molar-refractivity contribution in [1.29, 1.82) is 0 Å². The number of carbonyl (C=O) groups excluding carboxylic acids is 3. The SMILES string of the molecule is CCCCCCCCCCCCOc1ccc(-c2ccc(C(=O)Oc3ccc(C(=O)OC(C)C(=O)OCCOCCCC)cc3)cc2)cc1. The second-order valence-corrected chi connectivity index (χ2v) is 12.2. The molecule has 0 aliphatic heterocycles. The maximum atomic E-state index is 12.8. The van der Waals surface area contributed by atoms with Crippen LogP contribution in [0.25, 0.3) is 11.1 Å². The van der Waals surface area contributed by atoms with Crippen molar-refractivity contribution in [2.75, 3.05) is 26.4 Å². The summed E-state index contributed by atoms with van der Waals surface area (Å²) in [5.41, 5.74) is 2.60. The summed E-state index contributed by atoms with van der Waals surface area (Å²) >= 11 is 0. The van der Waals surface area contributed by atoms with Crippen LogP contribution in [-0.2, 0) is 19.0 Å². The molecule has 0 bridgehead atoms. The molecule has 8 heteroatoms. The normalized spacial score (nSPS) is 11.5. The summed E-state index contributed by atoms with van der Waals surface area (Å²) < 4.78 is 27.1. The fourth-order valence-corrected chi connectivity index (χ4v) is 5.09. The van der Waals surface area contributed by atoms with Crippen LogP contribution in [0.2, 0.25) is 0 Å². The van der Waals surface area contributed by atoms with E-state index < -0.39 is 24.0 Å². The van der Waals surface area contributed by atoms with Gasteiger partial charge in [-0.15, -0.1) is 0 Å². The monoisotopic (exact) mass is 674 g/mol. The Morgan fingerprint density at radius 2 is 1.04 bits per heavy atom. The van der Waals surface area contributed by atoms with Crippen molar-refractivity contribution in [2.45, 2.75) is 104 Å². The summed E-state index contributed by atoms with van der Waals surface area (Å²) in [6, 6.07) is 21.1. The predicted octanol–water partition coefficient (Wildman–Crippen LogP) is 9.78. The molecule has 3 aromatic rings. The fourth-order valence-electron chi connectivity index (χ4n) is 5.09. The quantitative estimate of drug-likeness (QED) is 0.0526. The van der Waals surface area contributed by atoms with Gasteiger partial charge in [0.1, 0.15) is 18.1 Å². The summed E-state index contributed by atoms with van der Waals surface area (Å²) in [5, 5.41) is 0. The first-order chi connectivity index (χ1) is 23.9. The molecular formula is C41H54O8. The van der Waals surface area contributed by atoms with Crippen LogP contribution in [0.15, 0.2) is 72.8 Å². The van der Waals surface area contributed by atoms with Gasteiger partial charge in [-0.3, -0.25) is 0 Å². The van der Waals surface area contributed by atoms with Gasteiger partial charge in [-0.25, -0.2) is 14.4 Å². The zero-order valence-corrected chi connectivity index (χ0v) is 29.6. The number of benzene rings is 3. The van der Waals surface area contributed by atoms with E-state index in [4.69, 9.17) is 23.7 Å². The van der Waals surface area contributed by atoms with Crippen LogP contribution in [0.4, 0.5) is 0 Å². The minimum absolute atomic E-state index is 0.0926. The molecule has 3 aromatic carbocycles. The minimum atomic E-state index is -1.07. The van der Waals surface area contributed by atoms with E-state index >= 15 is 0 Å². The first kappa shape index (κ1) is 39.3. The predicted molar refractivity (Wildman–Crippen MR) is 192 cm³/mol. The van der Waals surface area contributed by atoms with Gasteiger partial charge in [0.15, 0.2) is 6.10 Å². The van der Waals surface area contributed by atoms with Crippen molar-refractivity contribution in [3.63, 3.8) is 0 Å². The van der Waals surface area contributed by atoms with Crippen LogP contribution in [0.5, 0.6) is 11.5 Å². The zero-order chi connectivity index (χ0) is 35.1. The summed E-state index contributed by atoms with van der Waals surface area (Å²) in [4.78, 5) is 37.4. The lowest BCUT2D eigenvalue weighted by Gasteiger charge is -2.13. The Morgan fingerprint density at radius 1 is 0.531 bits per heavy atom. The molecule has 0 heterocycles. The molecule has 49 heavy (non-hydrogen) atoms. The maximum Gasteiger partial charge on any atom is 0.347 e. The molecule has 3 rings (SSSR count). The molecule has 0 saturated heterocycles. The lowest BCUT2D eigenvalue weighted by Crippen LogP contribution is -2.27. The van der Waals surface area contributed by atoms with E-state index in [-0.39, 0.29) is 17.9 Å². The smallest absolute Gasteiger partial charge is 0.347 e. The Labute approximate surface area is 292 Å². The molecule has 0 saturated carbocycles. The van der Waals surface area contributed by atoms with Gasteiger partial charge in [-0.2, -0.15) is 0 Å². The summed E-state index contributed by atoms with van der Waals surface area (Å²) in [7, 11) is 0. The number of esters is 3. The van der Waals surface area contributed by atoms with Gasteiger partial charge in [0.25, 0.3) is 0 Å². The van der Waals surface area contributed by atoms with E-state index in [1.54, 1.807) is 12.1 Å². The van der Waals surface area contributed by atoms with Crippen LogP contribution in [0.3, 0.4) is 0 Å². The summed E-state index contributed by atoms with van der Waals surface area (Å²) in [6.07, 6.45) is 13.9. The van der Waals surface area contributed by atoms with Crippen LogP contribution in [0.1, 0.15) is 119 Å². The van der Waals surface area contributed by atoms with Gasteiger partial charge in [0.2, 0.25) is 0 Å². The summed E-state index contributed by atoms with van der Waals surface area (Å²) in [5.74, 6) is -0.729. The highest BCUT2D eigenvalue weighted by Gasteiger charge is 2.20. The average molecular weight is 675 g/mol. The largest absolute Gasteiger partial charge is 0.494 e. The third-order valence-corrected chi connectivity index (χ3v) is 8.11. The van der Waals surface area contributed by atoms with Crippen molar-refractivity contribution in [2.24, 2.45) is 0 Å². The van der Waals surface area contributed by atoms with Crippen molar-refractivity contribution >= 4 is 17.9 Å². The lowest BCUT2D eigenvalue weighted by molar-refractivity contribution is -0.154. The maximum absolute atomic E-state index is 12.8. The molecule has 0 aliphatic carbocycles. The molecule has 0 spiro atoms. The molecular weight excluding hydrogens is 620 g/mol. The minimum Gasteiger partial charge on any atom is -0.494 e. The van der Waals surface area contributed by atoms with Gasteiger partial charge in [-0.05, 0) is 79.4 Å². The summed E-state index contributed by atoms with van der Waals surface area (Å²) in [6.45, 7) is 7.49. The number of unbranched alkanes of at least 4 members (excludes halogenated alkanes) is 10. The fraction of sp³-hybridized carbons (Fsp3) is 0.488. The molecule has 0 aromatic heterocycles. The second-order valence-electron chi connectivity index (χ2n) is 12.2. The molecule has 0 radical (unpaired) electrons. The Morgan fingerprint density at radius 3 is 1.65 bits per heavy atom. The molecule has 1 atom stereocenters. The molecule has 1 unspecified atom stereocenters. The van der Waals surface area contributed by atoms with Gasteiger partial charge in [-0.1, -0.05) is 102 Å². The van der Waals surface area contributed by atoms with E-state index in [1.165, 1.54) is 89.0 Å². The average Bonchev–Trinajstić information content (AvgIpc) is 3.12. The molecule has 0 amide bonds. The number of ether oxygens (including phenoxy) is 5. The number of carbonyl (C=O) groups is 3. The molecule has 0 N–H and O–H groups in total. The first-order valence-electron chi connectivity index (χ1n) is 18.0. The van der Waals surface area contributed by atoms with Crippen molar-refractivity contribution in [3.8, 4) is 22.6 Å². The highest BCUT2D eigenvalue weighted by Crippen LogP contribution is 2.24. The van der Waals surface area contributed by atoms with E-state index in [0.29, 0.717) is 18.8 Å². The van der Waals surface area contributed by atoms with E-state index in [9.17, 15) is 14.4 Å². The van der Waals surface area contributed by atoms with Gasteiger partial charge >= 0.3 is 17.9 Å². The Hall–Kier alpha value is -4.17. The van der Waals surface area contributed by atoms with Crippen LogP contribution >= 0.6 is 0 Å². The van der Waals surface area contributed by atoms with Crippen LogP contribution < -0.4 is 9.47 Å². The molecule has 0 fully saturated rings. The third kappa shape index (κ3) is 15.3. The Kier molecular flexibility index (Phi) is 18.6. The highest BCUT2D eigenvalue weighted by atomic mass is 16.6. The van der Waals surface area contributed by atoms with E-state index in [2.05, 4.69) is 13.8 Å². The van der Waals surface area contributed by atoms with Gasteiger partial charge in [0.05, 0.1) is 24.3 Å². The Bertz CT molecular complexity index is 1370. The van der Waals surface area contributed by atoms with Gasteiger partial charge in [0, 0.05) is 6.61 Å². The zero-order valence-electron chi connectivity index (χ0n) is 29.6. The van der Waals surface area contributed by atoms with Crippen LogP contribution in [0, 0.1) is 0 Å².